The summed E-state index contributed by atoms with van der Waals surface area (Å²) in [6.45, 7) is 11.3. The van der Waals surface area contributed by atoms with Crippen LogP contribution < -0.4 is 5.32 Å². The Hall–Kier alpha value is -0.120. The monoisotopic (exact) mass is 268 g/mol. The first-order valence-corrected chi connectivity index (χ1v) is 8.33. The van der Waals surface area contributed by atoms with E-state index in [-0.39, 0.29) is 0 Å². The summed E-state index contributed by atoms with van der Waals surface area (Å²) in [5.74, 6) is 0.853. The highest BCUT2D eigenvalue weighted by Crippen LogP contribution is 2.28. The molecule has 0 aromatic rings. The van der Waals surface area contributed by atoms with E-state index in [1.165, 1.54) is 45.2 Å². The molecule has 1 aliphatic heterocycles. The molecule has 0 amide bonds. The van der Waals surface area contributed by atoms with Crippen LogP contribution in [-0.4, -0.2) is 49.3 Å². The van der Waals surface area contributed by atoms with Gasteiger partial charge < -0.3 is 10.1 Å². The van der Waals surface area contributed by atoms with E-state index in [2.05, 4.69) is 31.0 Å². The summed E-state index contributed by atoms with van der Waals surface area (Å²) < 4.78 is 5.81. The predicted molar refractivity (Wildman–Crippen MR) is 80.5 cm³/mol. The molecule has 19 heavy (non-hydrogen) atoms. The topological polar surface area (TPSA) is 24.5 Å². The molecule has 1 aliphatic carbocycles. The molecule has 2 rings (SSSR count). The van der Waals surface area contributed by atoms with Crippen molar-refractivity contribution in [2.24, 2.45) is 5.92 Å². The Morgan fingerprint density at radius 1 is 1.26 bits per heavy atom. The van der Waals surface area contributed by atoms with E-state index in [1.807, 2.05) is 0 Å². The summed E-state index contributed by atoms with van der Waals surface area (Å²) >= 11 is 0. The lowest BCUT2D eigenvalue weighted by molar-refractivity contribution is -0.0613. The second kappa shape index (κ2) is 7.61. The minimum atomic E-state index is 0.409. The minimum absolute atomic E-state index is 0.409. The third kappa shape index (κ3) is 4.17. The van der Waals surface area contributed by atoms with Crippen LogP contribution >= 0.6 is 0 Å². The Labute approximate surface area is 119 Å². The van der Waals surface area contributed by atoms with Crippen LogP contribution in [0, 0.1) is 5.92 Å². The number of nitrogens with zero attached hydrogens (tertiary/aromatic N) is 1. The highest BCUT2D eigenvalue weighted by atomic mass is 16.5. The third-order valence-electron chi connectivity index (χ3n) is 4.84. The van der Waals surface area contributed by atoms with Crippen LogP contribution in [0.15, 0.2) is 0 Å². The van der Waals surface area contributed by atoms with Gasteiger partial charge in [0.2, 0.25) is 0 Å². The lowest BCUT2D eigenvalue weighted by Gasteiger charge is -2.40. The Balaban J connectivity index is 1.86. The van der Waals surface area contributed by atoms with Gasteiger partial charge in [0, 0.05) is 25.2 Å². The number of ether oxygens (including phenoxy) is 1. The van der Waals surface area contributed by atoms with Crippen molar-refractivity contribution >= 4 is 0 Å². The molecule has 0 spiro atoms. The molecule has 1 N–H and O–H groups in total. The summed E-state index contributed by atoms with van der Waals surface area (Å²) in [4.78, 5) is 2.70. The maximum Gasteiger partial charge on any atom is 0.0674 e. The van der Waals surface area contributed by atoms with Crippen molar-refractivity contribution in [2.75, 3.05) is 26.2 Å². The van der Waals surface area contributed by atoms with Gasteiger partial charge in [0.15, 0.2) is 0 Å². The van der Waals surface area contributed by atoms with Gasteiger partial charge in [-0.1, -0.05) is 20.3 Å². The van der Waals surface area contributed by atoms with Crippen molar-refractivity contribution in [3.05, 3.63) is 0 Å². The molecule has 0 aromatic carbocycles. The van der Waals surface area contributed by atoms with Gasteiger partial charge in [-0.15, -0.1) is 0 Å². The molecule has 4 atom stereocenters. The molecule has 3 nitrogen and oxygen atoms in total. The molecule has 112 valence electrons. The van der Waals surface area contributed by atoms with E-state index in [4.69, 9.17) is 4.74 Å². The number of hydrogen-bond acceptors (Lipinski definition) is 3. The van der Waals surface area contributed by atoms with Gasteiger partial charge in [-0.2, -0.15) is 0 Å². The molecular weight excluding hydrogens is 236 g/mol. The fraction of sp³-hybridized carbons (Fsp3) is 1.00. The van der Waals surface area contributed by atoms with Crippen molar-refractivity contribution in [1.82, 2.24) is 10.2 Å². The van der Waals surface area contributed by atoms with Crippen molar-refractivity contribution in [3.8, 4) is 0 Å². The molecule has 0 aromatic heterocycles. The van der Waals surface area contributed by atoms with Gasteiger partial charge >= 0.3 is 0 Å². The summed E-state index contributed by atoms with van der Waals surface area (Å²) in [5.41, 5.74) is 0. The van der Waals surface area contributed by atoms with Gasteiger partial charge in [0.05, 0.1) is 12.7 Å². The molecule has 0 radical (unpaired) electrons. The van der Waals surface area contributed by atoms with E-state index >= 15 is 0 Å². The Morgan fingerprint density at radius 3 is 2.84 bits per heavy atom. The van der Waals surface area contributed by atoms with Crippen LogP contribution in [0.2, 0.25) is 0 Å². The molecule has 1 heterocycles. The highest BCUT2D eigenvalue weighted by molar-refractivity contribution is 4.88. The van der Waals surface area contributed by atoms with Crippen LogP contribution in [0.3, 0.4) is 0 Å². The SMILES string of the molecule is CCCNC1CCCC1CN1CC(C)OCC1CC. The smallest absolute Gasteiger partial charge is 0.0674 e. The maximum atomic E-state index is 5.81. The highest BCUT2D eigenvalue weighted by Gasteiger charge is 2.32. The average Bonchev–Trinajstić information content (AvgIpc) is 2.84. The number of hydrogen-bond donors (Lipinski definition) is 1. The summed E-state index contributed by atoms with van der Waals surface area (Å²) in [7, 11) is 0. The van der Waals surface area contributed by atoms with Gasteiger partial charge in [0.25, 0.3) is 0 Å². The lowest BCUT2D eigenvalue weighted by Crippen LogP contribution is -2.51. The third-order valence-corrected chi connectivity index (χ3v) is 4.84. The zero-order valence-corrected chi connectivity index (χ0v) is 13.0. The Bertz CT molecular complexity index is 259. The van der Waals surface area contributed by atoms with E-state index in [0.29, 0.717) is 12.1 Å². The molecule has 3 heteroatoms. The molecule has 0 bridgehead atoms. The fourth-order valence-electron chi connectivity index (χ4n) is 3.67. The van der Waals surface area contributed by atoms with Crippen LogP contribution in [0.25, 0.3) is 0 Å². The predicted octanol–water partition coefficient (Wildman–Crippen LogP) is 2.65. The molecule has 1 saturated carbocycles. The van der Waals surface area contributed by atoms with E-state index in [0.717, 1.165) is 25.1 Å². The Morgan fingerprint density at radius 2 is 2.11 bits per heavy atom. The lowest BCUT2D eigenvalue weighted by atomic mass is 10.00. The van der Waals surface area contributed by atoms with E-state index in [1.54, 1.807) is 0 Å². The summed E-state index contributed by atoms with van der Waals surface area (Å²) in [6, 6.07) is 1.40. The molecule has 1 saturated heterocycles. The zero-order valence-electron chi connectivity index (χ0n) is 13.0. The number of rotatable bonds is 6. The molecule has 2 fully saturated rings. The van der Waals surface area contributed by atoms with Crippen LogP contribution in [0.5, 0.6) is 0 Å². The van der Waals surface area contributed by atoms with E-state index < -0.39 is 0 Å². The largest absolute Gasteiger partial charge is 0.376 e. The van der Waals surface area contributed by atoms with Gasteiger partial charge in [-0.05, 0) is 45.1 Å². The molecular formula is C16H32N2O. The van der Waals surface area contributed by atoms with Crippen LogP contribution in [0.1, 0.15) is 52.9 Å². The van der Waals surface area contributed by atoms with Crippen LogP contribution in [0.4, 0.5) is 0 Å². The maximum absolute atomic E-state index is 5.81. The van der Waals surface area contributed by atoms with Crippen molar-refractivity contribution < 1.29 is 4.74 Å². The first-order chi connectivity index (χ1) is 9.24. The second-order valence-corrected chi connectivity index (χ2v) is 6.41. The number of nitrogens with one attached hydrogen (secondary N) is 1. The zero-order chi connectivity index (χ0) is 13.7. The summed E-state index contributed by atoms with van der Waals surface area (Å²) in [5, 5.41) is 3.76. The normalized spacial score (nSPS) is 36.8. The van der Waals surface area contributed by atoms with Crippen molar-refractivity contribution in [2.45, 2.75) is 71.1 Å². The Kier molecular flexibility index (Phi) is 6.11. The molecule has 4 unspecified atom stereocenters. The fourth-order valence-corrected chi connectivity index (χ4v) is 3.67. The van der Waals surface area contributed by atoms with Crippen molar-refractivity contribution in [1.29, 1.82) is 0 Å². The second-order valence-electron chi connectivity index (χ2n) is 6.41. The standard InChI is InChI=1S/C16H32N2O/c1-4-9-17-16-8-6-7-14(16)11-18-10-13(3)19-12-15(18)5-2/h13-17H,4-12H2,1-3H3. The quantitative estimate of drug-likeness (QED) is 0.801. The van der Waals surface area contributed by atoms with Gasteiger partial charge in [0.1, 0.15) is 0 Å². The molecule has 2 aliphatic rings. The summed E-state index contributed by atoms with van der Waals surface area (Å²) in [6.07, 6.45) is 7.06. The minimum Gasteiger partial charge on any atom is -0.376 e. The van der Waals surface area contributed by atoms with Gasteiger partial charge in [-0.3, -0.25) is 4.90 Å². The first kappa shape index (κ1) is 15.3. The van der Waals surface area contributed by atoms with Gasteiger partial charge in [-0.25, -0.2) is 0 Å². The number of morpholine rings is 1. The average molecular weight is 268 g/mol. The first-order valence-electron chi connectivity index (χ1n) is 8.33. The van der Waals surface area contributed by atoms with Crippen LogP contribution in [-0.2, 0) is 4.74 Å². The van der Waals surface area contributed by atoms with Crippen molar-refractivity contribution in [3.63, 3.8) is 0 Å². The van der Waals surface area contributed by atoms with E-state index in [9.17, 15) is 0 Å².